The fourth-order valence-electron chi connectivity index (χ4n) is 2.61. The van der Waals surface area contributed by atoms with Gasteiger partial charge in [-0.15, -0.1) is 0 Å². The molecule has 156 valence electrons. The van der Waals surface area contributed by atoms with Crippen molar-refractivity contribution in [1.82, 2.24) is 10.3 Å². The molecular weight excluding hydrogens is 456 g/mol. The fourth-order valence-corrected chi connectivity index (χ4v) is 3.27. The summed E-state index contributed by atoms with van der Waals surface area (Å²) in [5.41, 5.74) is 6.37. The van der Waals surface area contributed by atoms with Crippen molar-refractivity contribution < 1.29 is 18.7 Å². The Morgan fingerprint density at radius 2 is 1.87 bits per heavy atom. The van der Waals surface area contributed by atoms with Crippen LogP contribution in [0.15, 0.2) is 36.4 Å². The van der Waals surface area contributed by atoms with E-state index in [1.165, 1.54) is 43.3 Å². The Hall–Kier alpha value is -2.74. The molecule has 3 rings (SSSR count). The van der Waals surface area contributed by atoms with Gasteiger partial charge in [0.25, 0.3) is 5.91 Å². The van der Waals surface area contributed by atoms with E-state index in [0.29, 0.717) is 10.7 Å². The van der Waals surface area contributed by atoms with Crippen molar-refractivity contribution in [3.63, 3.8) is 0 Å². The van der Waals surface area contributed by atoms with Gasteiger partial charge in [-0.05, 0) is 24.3 Å². The second kappa shape index (κ2) is 8.95. The number of ether oxygens (including phenoxy) is 1. The molecule has 0 spiro atoms. The van der Waals surface area contributed by atoms with Crippen LogP contribution in [0, 0.1) is 5.82 Å². The quantitative estimate of drug-likeness (QED) is 0.322. The summed E-state index contributed by atoms with van der Waals surface area (Å²) in [6.07, 6.45) is 0. The maximum Gasteiger partial charge on any atom is 0.269 e. The summed E-state index contributed by atoms with van der Waals surface area (Å²) in [5.74, 6) is -1.67. The number of aromatic nitrogens is 1. The molecule has 1 aromatic heterocycles. The fraction of sp³-hybridized carbons (Fsp3) is 0.100. The lowest BCUT2D eigenvalue weighted by molar-refractivity contribution is 0.0946. The molecule has 30 heavy (non-hydrogen) atoms. The van der Waals surface area contributed by atoms with Crippen molar-refractivity contribution in [3.8, 4) is 11.5 Å². The highest BCUT2D eigenvalue weighted by molar-refractivity contribution is 6.34. The predicted molar refractivity (Wildman–Crippen MR) is 114 cm³/mol. The maximum atomic E-state index is 15.0. The monoisotopic (exact) mass is 469 g/mol. The molecule has 0 aliphatic carbocycles. The van der Waals surface area contributed by atoms with Gasteiger partial charge in [-0.3, -0.25) is 9.59 Å². The van der Waals surface area contributed by atoms with Gasteiger partial charge in [0, 0.05) is 35.8 Å². The topological polar surface area (TPSA) is 97.2 Å². The number of amides is 1. The van der Waals surface area contributed by atoms with E-state index in [0.717, 1.165) is 0 Å². The molecule has 1 amide bonds. The number of halogens is 4. The highest BCUT2D eigenvalue weighted by Gasteiger charge is 2.19. The van der Waals surface area contributed by atoms with E-state index in [4.69, 9.17) is 45.3 Å². The van der Waals surface area contributed by atoms with E-state index in [2.05, 4.69) is 10.3 Å². The van der Waals surface area contributed by atoms with Crippen molar-refractivity contribution in [1.29, 1.82) is 0 Å². The summed E-state index contributed by atoms with van der Waals surface area (Å²) in [7, 11) is 0. The van der Waals surface area contributed by atoms with Crippen molar-refractivity contribution in [3.05, 3.63) is 74.2 Å². The summed E-state index contributed by atoms with van der Waals surface area (Å²) >= 11 is 18.0. The third kappa shape index (κ3) is 4.87. The number of anilines is 1. The molecule has 10 heteroatoms. The largest absolute Gasteiger partial charge is 0.453 e. The van der Waals surface area contributed by atoms with Gasteiger partial charge in [-0.1, -0.05) is 40.9 Å². The number of aromatic amines is 1. The Kier molecular flexibility index (Phi) is 6.55. The van der Waals surface area contributed by atoms with E-state index in [1.807, 2.05) is 0 Å². The predicted octanol–water partition coefficient (Wildman–Crippen LogP) is 5.62. The van der Waals surface area contributed by atoms with Gasteiger partial charge in [0.2, 0.25) is 0 Å². The third-order valence-electron chi connectivity index (χ3n) is 4.06. The van der Waals surface area contributed by atoms with E-state index in [9.17, 15) is 14.0 Å². The number of hydrogen-bond donors (Lipinski definition) is 3. The standard InChI is InChI=1S/C20H15Cl3FN3O3/c1-9(28)16-7-15(23)18(27-16)20(29)26-8-10-2-3-14(22)19(17(10)24)30-13-5-11(21)4-12(25)6-13/h2-7,27H,8,25H2,1H3,(H,26,29). The Bertz CT molecular complexity index is 1130. The highest BCUT2D eigenvalue weighted by atomic mass is 35.5. The van der Waals surface area contributed by atoms with Crippen LogP contribution in [0.5, 0.6) is 11.5 Å². The number of benzene rings is 2. The summed E-state index contributed by atoms with van der Waals surface area (Å²) in [5, 5.41) is 2.96. The van der Waals surface area contributed by atoms with Crippen molar-refractivity contribution >= 4 is 52.2 Å². The molecular formula is C20H15Cl3FN3O3. The zero-order valence-corrected chi connectivity index (χ0v) is 17.8. The number of carbonyl (C=O) groups excluding carboxylic acids is 2. The summed E-state index contributed by atoms with van der Waals surface area (Å²) in [6, 6.07) is 8.64. The first-order valence-electron chi connectivity index (χ1n) is 8.54. The van der Waals surface area contributed by atoms with Crippen molar-refractivity contribution in [2.45, 2.75) is 13.5 Å². The van der Waals surface area contributed by atoms with Crippen LogP contribution in [-0.4, -0.2) is 16.7 Å². The number of nitrogens with one attached hydrogen (secondary N) is 2. The van der Waals surface area contributed by atoms with Gasteiger partial charge in [0.05, 0.1) is 15.7 Å². The van der Waals surface area contributed by atoms with Gasteiger partial charge in [-0.25, -0.2) is 4.39 Å². The van der Waals surface area contributed by atoms with Crippen LogP contribution in [0.1, 0.15) is 33.5 Å². The van der Waals surface area contributed by atoms with Crippen LogP contribution in [0.4, 0.5) is 10.1 Å². The lowest BCUT2D eigenvalue weighted by atomic mass is 10.2. The number of H-pyrrole nitrogens is 1. The molecule has 4 N–H and O–H groups in total. The van der Waals surface area contributed by atoms with Gasteiger partial charge in [-0.2, -0.15) is 0 Å². The van der Waals surface area contributed by atoms with Crippen LogP contribution in [-0.2, 0) is 6.54 Å². The summed E-state index contributed by atoms with van der Waals surface area (Å²) < 4.78 is 20.5. The number of ketones is 1. The molecule has 0 aliphatic heterocycles. The number of nitrogen functional groups attached to an aromatic ring is 1. The molecule has 0 saturated carbocycles. The van der Waals surface area contributed by atoms with Gasteiger partial charge >= 0.3 is 0 Å². The van der Waals surface area contributed by atoms with Crippen molar-refractivity contribution in [2.75, 3.05) is 5.73 Å². The molecule has 0 unspecified atom stereocenters. The molecule has 0 fully saturated rings. The number of rotatable bonds is 6. The molecule has 3 aromatic rings. The van der Waals surface area contributed by atoms with Crippen LogP contribution in [0.3, 0.4) is 0 Å². The lowest BCUT2D eigenvalue weighted by Gasteiger charge is -2.13. The minimum Gasteiger partial charge on any atom is -0.453 e. The Morgan fingerprint density at radius 1 is 1.13 bits per heavy atom. The first-order chi connectivity index (χ1) is 14.2. The van der Waals surface area contributed by atoms with Crippen LogP contribution in [0.2, 0.25) is 15.1 Å². The zero-order valence-electron chi connectivity index (χ0n) is 15.5. The normalized spacial score (nSPS) is 10.7. The number of hydrogen-bond acceptors (Lipinski definition) is 4. The average molecular weight is 471 g/mol. The number of carbonyl (C=O) groups is 2. The maximum absolute atomic E-state index is 15.0. The van der Waals surface area contributed by atoms with E-state index in [1.54, 1.807) is 0 Å². The minimum absolute atomic E-state index is 0.00196. The third-order valence-corrected chi connectivity index (χ3v) is 4.87. The van der Waals surface area contributed by atoms with Crippen LogP contribution in [0.25, 0.3) is 0 Å². The highest BCUT2D eigenvalue weighted by Crippen LogP contribution is 2.35. The molecule has 0 bridgehead atoms. The second-order valence-corrected chi connectivity index (χ2v) is 7.57. The molecule has 0 radical (unpaired) electrons. The Labute approximate surface area is 186 Å². The first kappa shape index (κ1) is 22.0. The van der Waals surface area contributed by atoms with Crippen LogP contribution < -0.4 is 15.8 Å². The molecule has 0 aliphatic rings. The molecule has 6 nitrogen and oxygen atoms in total. The Balaban J connectivity index is 1.79. The lowest BCUT2D eigenvalue weighted by Crippen LogP contribution is -2.24. The van der Waals surface area contributed by atoms with Gasteiger partial charge in [0.15, 0.2) is 17.3 Å². The summed E-state index contributed by atoms with van der Waals surface area (Å²) in [6.45, 7) is 1.16. The van der Waals surface area contributed by atoms with E-state index in [-0.39, 0.29) is 50.8 Å². The SMILES string of the molecule is CC(=O)c1cc(Cl)c(C(=O)NCc2ccc(Cl)c(Oc3cc(N)cc(Cl)c3)c2F)[nH]1. The molecule has 0 saturated heterocycles. The molecule has 0 atom stereocenters. The van der Waals surface area contributed by atoms with Crippen molar-refractivity contribution in [2.24, 2.45) is 0 Å². The zero-order chi connectivity index (χ0) is 22.0. The van der Waals surface area contributed by atoms with E-state index < -0.39 is 11.7 Å². The number of nitrogens with two attached hydrogens (primary N) is 1. The average Bonchev–Trinajstić information content (AvgIpc) is 3.05. The Morgan fingerprint density at radius 3 is 2.50 bits per heavy atom. The number of Topliss-reactive ketones (excluding diaryl/α,β-unsaturated/α-hetero) is 1. The van der Waals surface area contributed by atoms with Crippen LogP contribution >= 0.6 is 34.8 Å². The molecule has 2 aromatic carbocycles. The van der Waals surface area contributed by atoms with Gasteiger partial charge in [0.1, 0.15) is 11.4 Å². The smallest absolute Gasteiger partial charge is 0.269 e. The second-order valence-electron chi connectivity index (χ2n) is 6.32. The van der Waals surface area contributed by atoms with Gasteiger partial charge < -0.3 is 20.8 Å². The first-order valence-corrected chi connectivity index (χ1v) is 9.67. The minimum atomic E-state index is -0.761. The van der Waals surface area contributed by atoms with E-state index >= 15 is 0 Å². The molecule has 1 heterocycles. The summed E-state index contributed by atoms with van der Waals surface area (Å²) in [4.78, 5) is 26.4.